The summed E-state index contributed by atoms with van der Waals surface area (Å²) in [5.74, 6) is 0.0558. The van der Waals surface area contributed by atoms with E-state index in [9.17, 15) is 4.79 Å². The fraction of sp³-hybridized carbons (Fsp3) is 0.545. The highest BCUT2D eigenvalue weighted by Crippen LogP contribution is 2.18. The molecule has 0 aromatic carbocycles. The van der Waals surface area contributed by atoms with E-state index < -0.39 is 0 Å². The fourth-order valence-electron chi connectivity index (χ4n) is 1.55. The van der Waals surface area contributed by atoms with E-state index in [1.54, 1.807) is 6.07 Å². The molecule has 0 aliphatic carbocycles. The quantitative estimate of drug-likeness (QED) is 0.844. The second-order valence-corrected chi connectivity index (χ2v) is 4.61. The van der Waals surface area contributed by atoms with E-state index >= 15 is 0 Å². The monoisotopic (exact) mass is 288 g/mol. The van der Waals surface area contributed by atoms with Crippen molar-refractivity contribution >= 4 is 21.9 Å². The van der Waals surface area contributed by atoms with Crippen molar-refractivity contribution in [2.24, 2.45) is 11.7 Å². The molecule has 2 N–H and O–H groups in total. The van der Waals surface area contributed by atoms with Crippen LogP contribution in [0.3, 0.4) is 0 Å². The molecule has 0 bridgehead atoms. The highest BCUT2D eigenvalue weighted by molar-refractivity contribution is 9.10. The lowest BCUT2D eigenvalue weighted by atomic mass is 10.1. The highest BCUT2D eigenvalue weighted by atomic mass is 79.9. The maximum atomic E-state index is 11.5. The van der Waals surface area contributed by atoms with Crippen molar-refractivity contribution < 1.29 is 9.53 Å². The van der Waals surface area contributed by atoms with Crippen molar-refractivity contribution in [3.63, 3.8) is 0 Å². The van der Waals surface area contributed by atoms with E-state index in [1.807, 2.05) is 10.8 Å². The number of halogens is 1. The molecule has 5 heteroatoms. The van der Waals surface area contributed by atoms with Gasteiger partial charge in [-0.2, -0.15) is 0 Å². The zero-order chi connectivity index (χ0) is 12.1. The summed E-state index contributed by atoms with van der Waals surface area (Å²) < 4.78 is 7.49. The summed E-state index contributed by atoms with van der Waals surface area (Å²) in [6.45, 7) is 3.45. The van der Waals surface area contributed by atoms with Crippen molar-refractivity contribution in [1.82, 2.24) is 4.57 Å². The molecule has 1 aromatic heterocycles. The number of methoxy groups -OCH3 is 1. The van der Waals surface area contributed by atoms with Crippen molar-refractivity contribution in [3.05, 3.63) is 22.4 Å². The molecule has 90 valence electrons. The highest BCUT2D eigenvalue weighted by Gasteiger charge is 2.15. The third kappa shape index (κ3) is 3.09. The summed E-state index contributed by atoms with van der Waals surface area (Å²) in [5.41, 5.74) is 6.21. The van der Waals surface area contributed by atoms with Gasteiger partial charge < -0.3 is 15.0 Å². The molecule has 4 nitrogen and oxygen atoms in total. The maximum absolute atomic E-state index is 11.5. The number of aromatic nitrogens is 1. The zero-order valence-electron chi connectivity index (χ0n) is 9.57. The van der Waals surface area contributed by atoms with E-state index in [4.69, 9.17) is 10.5 Å². The van der Waals surface area contributed by atoms with Crippen LogP contribution in [0, 0.1) is 5.92 Å². The Morgan fingerprint density at radius 2 is 2.38 bits per heavy atom. The summed E-state index contributed by atoms with van der Waals surface area (Å²) in [6.07, 6.45) is 2.87. The van der Waals surface area contributed by atoms with Crippen LogP contribution >= 0.6 is 15.9 Å². The largest absolute Gasteiger partial charge is 0.464 e. The molecule has 16 heavy (non-hydrogen) atoms. The van der Waals surface area contributed by atoms with Gasteiger partial charge in [-0.3, -0.25) is 0 Å². The first-order valence-corrected chi connectivity index (χ1v) is 6.05. The molecule has 1 heterocycles. The van der Waals surface area contributed by atoms with Gasteiger partial charge in [-0.05, 0) is 34.5 Å². The minimum Gasteiger partial charge on any atom is -0.464 e. The number of hydrogen-bond donors (Lipinski definition) is 1. The smallest absolute Gasteiger partial charge is 0.354 e. The molecule has 0 spiro atoms. The second-order valence-electron chi connectivity index (χ2n) is 3.70. The number of esters is 1. The van der Waals surface area contributed by atoms with Crippen LogP contribution in [0.1, 0.15) is 23.8 Å². The average Bonchev–Trinajstić information content (AvgIpc) is 2.66. The molecule has 1 atom stereocenters. The van der Waals surface area contributed by atoms with Crippen LogP contribution in [0.5, 0.6) is 0 Å². The Bertz CT molecular complexity index is 359. The molecule has 0 aliphatic rings. The van der Waals surface area contributed by atoms with E-state index in [0.717, 1.165) is 17.4 Å². The Morgan fingerprint density at radius 1 is 1.69 bits per heavy atom. The molecular formula is C11H17BrN2O2. The third-order valence-electron chi connectivity index (χ3n) is 2.62. The van der Waals surface area contributed by atoms with E-state index in [0.29, 0.717) is 18.2 Å². The Hall–Kier alpha value is -0.810. The molecule has 0 saturated heterocycles. The number of carbonyl (C=O) groups excluding carboxylic acids is 1. The lowest BCUT2D eigenvalue weighted by Crippen LogP contribution is -2.21. The number of nitrogens with two attached hydrogens (primary N) is 1. The number of carbonyl (C=O) groups is 1. The van der Waals surface area contributed by atoms with Gasteiger partial charge >= 0.3 is 5.97 Å². The van der Waals surface area contributed by atoms with Crippen molar-refractivity contribution in [3.8, 4) is 0 Å². The number of rotatable bonds is 5. The van der Waals surface area contributed by atoms with Crippen molar-refractivity contribution in [2.45, 2.75) is 19.9 Å². The summed E-state index contributed by atoms with van der Waals surface area (Å²) >= 11 is 3.35. The first kappa shape index (κ1) is 13.3. The Balaban J connectivity index is 2.90. The van der Waals surface area contributed by atoms with Crippen LogP contribution in [-0.2, 0) is 11.3 Å². The van der Waals surface area contributed by atoms with Gasteiger partial charge in [0.25, 0.3) is 0 Å². The maximum Gasteiger partial charge on any atom is 0.354 e. The summed E-state index contributed by atoms with van der Waals surface area (Å²) in [4.78, 5) is 11.5. The number of ether oxygens (including phenoxy) is 1. The van der Waals surface area contributed by atoms with Crippen LogP contribution < -0.4 is 5.73 Å². The zero-order valence-corrected chi connectivity index (χ0v) is 11.2. The predicted molar refractivity (Wildman–Crippen MR) is 66.3 cm³/mol. The SMILES string of the molecule is CC[C@H](CN)Cn1cc(Br)cc1C(=O)OC. The van der Waals surface area contributed by atoms with Crippen molar-refractivity contribution in [1.29, 1.82) is 0 Å². The molecule has 0 fully saturated rings. The van der Waals surface area contributed by atoms with E-state index in [-0.39, 0.29) is 5.97 Å². The Labute approximate surface area is 104 Å². The summed E-state index contributed by atoms with van der Waals surface area (Å²) in [7, 11) is 1.38. The van der Waals surface area contributed by atoms with Crippen molar-refractivity contribution in [2.75, 3.05) is 13.7 Å². The molecular weight excluding hydrogens is 272 g/mol. The van der Waals surface area contributed by atoms with Gasteiger partial charge in [0.1, 0.15) is 5.69 Å². The lowest BCUT2D eigenvalue weighted by molar-refractivity contribution is 0.0587. The van der Waals surface area contributed by atoms with E-state index in [1.165, 1.54) is 7.11 Å². The van der Waals surface area contributed by atoms with Gasteiger partial charge in [-0.25, -0.2) is 4.79 Å². The van der Waals surface area contributed by atoms with Crippen LogP contribution in [0.2, 0.25) is 0 Å². The first-order chi connectivity index (χ1) is 7.62. The Kier molecular flexibility index (Phi) is 5.02. The van der Waals surface area contributed by atoms with Gasteiger partial charge in [-0.1, -0.05) is 13.3 Å². The topological polar surface area (TPSA) is 57.2 Å². The van der Waals surface area contributed by atoms with Crippen LogP contribution in [0.4, 0.5) is 0 Å². The van der Waals surface area contributed by atoms with Crippen LogP contribution in [0.15, 0.2) is 16.7 Å². The van der Waals surface area contributed by atoms with E-state index in [2.05, 4.69) is 22.9 Å². The third-order valence-corrected chi connectivity index (χ3v) is 3.06. The lowest BCUT2D eigenvalue weighted by Gasteiger charge is -2.14. The molecule has 0 radical (unpaired) electrons. The average molecular weight is 289 g/mol. The molecule has 0 unspecified atom stereocenters. The minimum atomic E-state index is -0.322. The molecule has 0 amide bonds. The van der Waals surface area contributed by atoms with Gasteiger partial charge in [0.15, 0.2) is 0 Å². The minimum absolute atomic E-state index is 0.322. The number of nitrogens with zero attached hydrogens (tertiary/aromatic N) is 1. The van der Waals surface area contributed by atoms with Gasteiger partial charge in [0, 0.05) is 17.2 Å². The summed E-state index contributed by atoms with van der Waals surface area (Å²) in [6, 6.07) is 1.76. The van der Waals surface area contributed by atoms with Crippen LogP contribution in [-0.4, -0.2) is 24.2 Å². The molecule has 1 aromatic rings. The Morgan fingerprint density at radius 3 is 2.88 bits per heavy atom. The summed E-state index contributed by atoms with van der Waals surface area (Å²) in [5, 5.41) is 0. The van der Waals surface area contributed by atoms with Crippen LogP contribution in [0.25, 0.3) is 0 Å². The van der Waals surface area contributed by atoms with Gasteiger partial charge in [0.05, 0.1) is 7.11 Å². The molecule has 1 rings (SSSR count). The predicted octanol–water partition coefficient (Wildman–Crippen LogP) is 2.02. The van der Waals surface area contributed by atoms with Gasteiger partial charge in [-0.15, -0.1) is 0 Å². The fourth-order valence-corrected chi connectivity index (χ4v) is 2.01. The first-order valence-electron chi connectivity index (χ1n) is 5.26. The second kappa shape index (κ2) is 6.06. The molecule has 0 saturated carbocycles. The standard InChI is InChI=1S/C11H17BrN2O2/c1-3-8(5-13)6-14-7-9(12)4-10(14)11(15)16-2/h4,7-8H,3,5-6,13H2,1-2H3/t8-/m1/s1. The normalized spacial score (nSPS) is 12.5. The molecule has 0 aliphatic heterocycles. The van der Waals surface area contributed by atoms with Gasteiger partial charge in [0.2, 0.25) is 0 Å². The number of hydrogen-bond acceptors (Lipinski definition) is 3.